The number of carboxylic acid groups (broad SMARTS) is 1. The lowest BCUT2D eigenvalue weighted by Crippen LogP contribution is -2.40. The van der Waals surface area contributed by atoms with Crippen molar-refractivity contribution in [3.05, 3.63) is 83.6 Å². The number of ether oxygens (including phenoxy) is 1. The number of aliphatic carboxylic acids is 1. The van der Waals surface area contributed by atoms with E-state index in [1.54, 1.807) is 26.0 Å². The predicted octanol–water partition coefficient (Wildman–Crippen LogP) is 4.77. The smallest absolute Gasteiger partial charge is 0.412 e. The molecule has 2 N–H and O–H groups in total. The minimum Gasteiger partial charge on any atom is -0.481 e. The summed E-state index contributed by atoms with van der Waals surface area (Å²) < 4.78 is 5.54. The number of benzene rings is 2. The van der Waals surface area contributed by atoms with Gasteiger partial charge in [0.15, 0.2) is 0 Å². The molecule has 1 aliphatic carbocycles. The summed E-state index contributed by atoms with van der Waals surface area (Å²) in [7, 11) is 0. The first kappa shape index (κ1) is 23.9. The van der Waals surface area contributed by atoms with Crippen LogP contribution in [0.5, 0.6) is 0 Å². The number of hydrogen-bond acceptors (Lipinski definition) is 5. The number of amides is 2. The van der Waals surface area contributed by atoms with Gasteiger partial charge in [0.1, 0.15) is 18.1 Å². The summed E-state index contributed by atoms with van der Waals surface area (Å²) in [6.45, 7) is 3.94. The van der Waals surface area contributed by atoms with Crippen LogP contribution in [0.4, 0.5) is 10.6 Å². The van der Waals surface area contributed by atoms with Gasteiger partial charge in [-0.25, -0.2) is 9.78 Å². The Morgan fingerprint density at radius 1 is 1.00 bits per heavy atom. The first-order valence-corrected chi connectivity index (χ1v) is 11.5. The molecular weight excluding hydrogens is 446 g/mol. The molecule has 3 aromatic rings. The molecule has 8 nitrogen and oxygen atoms in total. The van der Waals surface area contributed by atoms with Gasteiger partial charge in [-0.15, -0.1) is 0 Å². The van der Waals surface area contributed by atoms with Crippen LogP contribution in [0.3, 0.4) is 0 Å². The highest BCUT2D eigenvalue weighted by Crippen LogP contribution is 2.44. The molecule has 0 spiro atoms. The molecule has 0 bridgehead atoms. The Morgan fingerprint density at radius 2 is 1.63 bits per heavy atom. The van der Waals surface area contributed by atoms with Crippen LogP contribution in [0.25, 0.3) is 11.1 Å². The summed E-state index contributed by atoms with van der Waals surface area (Å²) >= 11 is 0. The van der Waals surface area contributed by atoms with E-state index in [0.717, 1.165) is 22.3 Å². The van der Waals surface area contributed by atoms with Crippen LogP contribution in [-0.4, -0.2) is 52.2 Å². The lowest BCUT2D eigenvalue weighted by atomic mass is 9.98. The molecule has 1 atom stereocenters. The average molecular weight is 474 g/mol. The number of nitrogens with one attached hydrogen (secondary N) is 1. The summed E-state index contributed by atoms with van der Waals surface area (Å²) in [6, 6.07) is 20.4. The average Bonchev–Trinajstić information content (AvgIpc) is 3.16. The summed E-state index contributed by atoms with van der Waals surface area (Å²) in [5.74, 6) is -1.28. The van der Waals surface area contributed by atoms with E-state index in [1.807, 2.05) is 36.4 Å². The van der Waals surface area contributed by atoms with Crippen LogP contribution in [0.15, 0.2) is 66.7 Å². The predicted molar refractivity (Wildman–Crippen MR) is 131 cm³/mol. The lowest BCUT2D eigenvalue weighted by molar-refractivity contribution is -0.138. The maximum Gasteiger partial charge on any atom is 0.412 e. The van der Waals surface area contributed by atoms with Gasteiger partial charge in [-0.1, -0.05) is 54.6 Å². The van der Waals surface area contributed by atoms with Crippen LogP contribution >= 0.6 is 0 Å². The molecule has 0 saturated heterocycles. The third-order valence-corrected chi connectivity index (χ3v) is 6.15. The molecule has 35 heavy (non-hydrogen) atoms. The second kappa shape index (κ2) is 10.4. The zero-order chi connectivity index (χ0) is 24.9. The number of nitrogens with zero attached hydrogens (tertiary/aromatic N) is 2. The molecule has 180 valence electrons. The van der Waals surface area contributed by atoms with Gasteiger partial charge in [0.25, 0.3) is 5.91 Å². The van der Waals surface area contributed by atoms with E-state index in [4.69, 9.17) is 9.84 Å². The van der Waals surface area contributed by atoms with Crippen LogP contribution in [0.2, 0.25) is 0 Å². The Bertz CT molecular complexity index is 1210. The van der Waals surface area contributed by atoms with Gasteiger partial charge in [0.2, 0.25) is 0 Å². The van der Waals surface area contributed by atoms with Crippen molar-refractivity contribution in [2.24, 2.45) is 0 Å². The van der Waals surface area contributed by atoms with Crippen LogP contribution < -0.4 is 5.32 Å². The summed E-state index contributed by atoms with van der Waals surface area (Å²) in [4.78, 5) is 42.2. The molecule has 1 heterocycles. The Morgan fingerprint density at radius 3 is 2.23 bits per heavy atom. The van der Waals surface area contributed by atoms with Crippen molar-refractivity contribution in [3.8, 4) is 11.1 Å². The summed E-state index contributed by atoms with van der Waals surface area (Å²) in [5, 5.41) is 11.6. The number of fused-ring (bicyclic) bond motifs is 3. The van der Waals surface area contributed by atoms with Crippen molar-refractivity contribution in [2.75, 3.05) is 18.5 Å². The number of rotatable bonds is 8. The van der Waals surface area contributed by atoms with Crippen molar-refractivity contribution in [2.45, 2.75) is 32.2 Å². The Kier molecular flexibility index (Phi) is 7.10. The Labute approximate surface area is 203 Å². The fraction of sp³-hybridized carbons (Fsp3) is 0.259. The van der Waals surface area contributed by atoms with Crippen LogP contribution in [0.1, 0.15) is 47.8 Å². The standard InChI is InChI=1S/C27H27N3O5/c1-3-30(17(2)15-25(31)32)26(33)23-13-8-14-24(28-23)29-27(34)35-16-22-20-11-6-4-9-18(20)19-10-5-7-12-21(19)22/h4-14,17,22H,3,15-16H2,1-2H3,(H,31,32)(H,28,29,34). The van der Waals surface area contributed by atoms with E-state index >= 15 is 0 Å². The van der Waals surface area contributed by atoms with Gasteiger partial charge >= 0.3 is 12.1 Å². The third-order valence-electron chi connectivity index (χ3n) is 6.15. The van der Waals surface area contributed by atoms with Crippen molar-refractivity contribution < 1.29 is 24.2 Å². The molecule has 8 heteroatoms. The molecule has 0 saturated carbocycles. The van der Waals surface area contributed by atoms with E-state index in [0.29, 0.717) is 6.54 Å². The molecule has 2 aromatic carbocycles. The second-order valence-corrected chi connectivity index (χ2v) is 8.40. The number of carbonyl (C=O) groups is 3. The number of anilines is 1. The molecule has 2 amide bonds. The quantitative estimate of drug-likeness (QED) is 0.488. The minimum absolute atomic E-state index is 0.0668. The van der Waals surface area contributed by atoms with Crippen LogP contribution in [0, 0.1) is 0 Å². The first-order chi connectivity index (χ1) is 16.9. The normalized spacial score (nSPS) is 12.9. The number of carbonyl (C=O) groups excluding carboxylic acids is 2. The number of pyridine rings is 1. The number of hydrogen-bond donors (Lipinski definition) is 2. The molecule has 1 aliphatic rings. The minimum atomic E-state index is -0.984. The molecule has 0 aliphatic heterocycles. The molecule has 1 unspecified atom stereocenters. The lowest BCUT2D eigenvalue weighted by Gasteiger charge is -2.26. The van der Waals surface area contributed by atoms with Crippen molar-refractivity contribution in [1.82, 2.24) is 9.88 Å². The summed E-state index contributed by atoms with van der Waals surface area (Å²) in [6.07, 6.45) is -0.840. The topological polar surface area (TPSA) is 109 Å². The third kappa shape index (κ3) is 5.16. The highest BCUT2D eigenvalue weighted by Gasteiger charge is 2.29. The van der Waals surface area contributed by atoms with Crippen molar-refractivity contribution in [1.29, 1.82) is 0 Å². The first-order valence-electron chi connectivity index (χ1n) is 11.5. The molecule has 0 radical (unpaired) electrons. The monoisotopic (exact) mass is 473 g/mol. The van der Waals surface area contributed by atoms with Gasteiger partial charge in [-0.3, -0.25) is 14.9 Å². The number of carboxylic acids is 1. The van der Waals surface area contributed by atoms with E-state index in [1.165, 1.54) is 11.0 Å². The van der Waals surface area contributed by atoms with Crippen LogP contribution in [-0.2, 0) is 9.53 Å². The SMILES string of the molecule is CCN(C(=O)c1cccc(NC(=O)OCC2c3ccccc3-c3ccccc32)n1)C(C)CC(=O)O. The zero-order valence-electron chi connectivity index (χ0n) is 19.6. The summed E-state index contributed by atoms with van der Waals surface area (Å²) in [5.41, 5.74) is 4.62. The highest BCUT2D eigenvalue weighted by atomic mass is 16.5. The van der Waals surface area contributed by atoms with Gasteiger partial charge in [0, 0.05) is 18.5 Å². The van der Waals surface area contributed by atoms with Gasteiger partial charge in [-0.05, 0) is 48.2 Å². The second-order valence-electron chi connectivity index (χ2n) is 8.40. The van der Waals surface area contributed by atoms with E-state index < -0.39 is 24.0 Å². The van der Waals surface area contributed by atoms with Crippen molar-refractivity contribution >= 4 is 23.8 Å². The zero-order valence-corrected chi connectivity index (χ0v) is 19.6. The maximum atomic E-state index is 12.9. The number of aromatic nitrogens is 1. The largest absolute Gasteiger partial charge is 0.481 e. The fourth-order valence-electron chi connectivity index (χ4n) is 4.53. The van der Waals surface area contributed by atoms with Gasteiger partial charge < -0.3 is 14.7 Å². The molecule has 4 rings (SSSR count). The van der Waals surface area contributed by atoms with Crippen molar-refractivity contribution in [3.63, 3.8) is 0 Å². The molecule has 1 aromatic heterocycles. The highest BCUT2D eigenvalue weighted by molar-refractivity contribution is 5.94. The van der Waals surface area contributed by atoms with Gasteiger partial charge in [0.05, 0.1) is 6.42 Å². The maximum absolute atomic E-state index is 12.9. The fourth-order valence-corrected chi connectivity index (χ4v) is 4.53. The Balaban J connectivity index is 1.42. The van der Waals surface area contributed by atoms with E-state index in [9.17, 15) is 14.4 Å². The van der Waals surface area contributed by atoms with E-state index in [2.05, 4.69) is 22.4 Å². The van der Waals surface area contributed by atoms with Gasteiger partial charge in [-0.2, -0.15) is 0 Å². The Hall–Kier alpha value is -4.20. The molecule has 0 fully saturated rings. The van der Waals surface area contributed by atoms with E-state index in [-0.39, 0.29) is 30.5 Å². The molecular formula is C27H27N3O5.